The van der Waals surface area contributed by atoms with Crippen LogP contribution in [0.25, 0.3) is 11.2 Å². The maximum Gasteiger partial charge on any atom is 0.335 e. The van der Waals surface area contributed by atoms with Gasteiger partial charge >= 0.3 is 17.1 Å². The molecule has 0 bridgehead atoms. The molecule has 1 N–H and O–H groups in total. The van der Waals surface area contributed by atoms with E-state index in [4.69, 9.17) is 22.4 Å². The summed E-state index contributed by atoms with van der Waals surface area (Å²) < 4.78 is 34.1. The van der Waals surface area contributed by atoms with Crippen LogP contribution in [-0.2, 0) is 27.3 Å². The molecule has 2 aliphatic rings. The second-order valence-electron chi connectivity index (χ2n) is 11.5. The van der Waals surface area contributed by atoms with Gasteiger partial charge in [-0.25, -0.2) is 4.98 Å². The maximum atomic E-state index is 14.0. The number of hydrogen-bond donors (Lipinski definition) is 1. The van der Waals surface area contributed by atoms with Gasteiger partial charge in [0, 0.05) is 6.92 Å². The Morgan fingerprint density at radius 1 is 1.05 bits per heavy atom. The molecule has 216 valence electrons. The van der Waals surface area contributed by atoms with E-state index in [1.54, 1.807) is 0 Å². The lowest BCUT2D eigenvalue weighted by Crippen LogP contribution is -2.65. The predicted octanol–water partition coefficient (Wildman–Crippen LogP) is 4.22. The summed E-state index contributed by atoms with van der Waals surface area (Å²) in [7, 11) is -4.33. The molecule has 0 radical (unpaired) electrons. The second-order valence-corrected chi connectivity index (χ2v) is 20.3. The van der Waals surface area contributed by atoms with Crippen LogP contribution in [-0.4, -0.2) is 74.3 Å². The molecular weight excluding hydrogens is 538 g/mol. The first-order valence-corrected chi connectivity index (χ1v) is 17.5. The highest BCUT2D eigenvalue weighted by molar-refractivity contribution is 6.84. The molecule has 2 aromatic heterocycles. The van der Waals surface area contributed by atoms with E-state index in [1.807, 2.05) is 0 Å². The van der Waals surface area contributed by atoms with Crippen molar-refractivity contribution >= 4 is 45.9 Å². The molecule has 2 aliphatic heterocycles. The number of fused-ring (bicyclic) bond motifs is 2. The predicted molar refractivity (Wildman–Crippen MR) is 149 cm³/mol. The first-order valence-electron chi connectivity index (χ1n) is 13.5. The average Bonchev–Trinajstić information content (AvgIpc) is 3.38. The molecule has 2 saturated heterocycles. The molecule has 2 aromatic rings. The van der Waals surface area contributed by atoms with Gasteiger partial charge in [0.2, 0.25) is 23.5 Å². The molecule has 0 saturated carbocycles. The number of amides is 1. The standard InChI is InChI=1S/C25H41N5O7Si2/c1-13(2)38(14(3)4)34-11-18-21(36-39(37-38,15(5)6)16(7)8)20(32)24(35-18)30-12-26-19-22(30)28-25(27-17(9)31)29-23(19)33-10/h12-16,18,21,24H,11H2,1-10H3,(H,27,28,29,31)/t18-,21?,24-/m1/s1. The number of ether oxygens (including phenoxy) is 2. The fourth-order valence-corrected chi connectivity index (χ4v) is 16.8. The largest absolute Gasteiger partial charge is 0.479 e. The van der Waals surface area contributed by atoms with Crippen molar-refractivity contribution in [3.63, 3.8) is 0 Å². The Labute approximate surface area is 231 Å². The van der Waals surface area contributed by atoms with Crippen LogP contribution in [0.15, 0.2) is 6.33 Å². The molecule has 0 aromatic carbocycles. The van der Waals surface area contributed by atoms with E-state index in [0.29, 0.717) is 11.2 Å². The summed E-state index contributed by atoms with van der Waals surface area (Å²) in [5.74, 6) is -0.394. The van der Waals surface area contributed by atoms with Gasteiger partial charge in [-0.05, 0) is 22.2 Å². The monoisotopic (exact) mass is 579 g/mol. The minimum atomic E-state index is -3.00. The van der Waals surface area contributed by atoms with Crippen molar-refractivity contribution in [3.8, 4) is 5.88 Å². The number of hydrogen-bond acceptors (Lipinski definition) is 10. The summed E-state index contributed by atoms with van der Waals surface area (Å²) in [6.07, 6.45) is -1.09. The van der Waals surface area contributed by atoms with Crippen LogP contribution in [0.2, 0.25) is 22.2 Å². The van der Waals surface area contributed by atoms with E-state index in [9.17, 15) is 9.59 Å². The smallest absolute Gasteiger partial charge is 0.335 e. The lowest BCUT2D eigenvalue weighted by molar-refractivity contribution is -0.130. The summed E-state index contributed by atoms with van der Waals surface area (Å²) in [5, 5.41) is 2.56. The van der Waals surface area contributed by atoms with Crippen LogP contribution in [0.3, 0.4) is 0 Å². The van der Waals surface area contributed by atoms with E-state index < -0.39 is 35.6 Å². The van der Waals surface area contributed by atoms with E-state index in [-0.39, 0.29) is 52.3 Å². The number of carbonyl (C=O) groups excluding carboxylic acids is 2. The molecular formula is C25H41N5O7Si2. The highest BCUT2D eigenvalue weighted by Crippen LogP contribution is 2.47. The van der Waals surface area contributed by atoms with Crippen molar-refractivity contribution in [2.75, 3.05) is 19.0 Å². The number of rotatable bonds is 7. The van der Waals surface area contributed by atoms with Gasteiger partial charge in [-0.15, -0.1) is 0 Å². The molecule has 2 fully saturated rings. The highest BCUT2D eigenvalue weighted by Gasteiger charge is 2.61. The Hall–Kier alpha value is -2.24. The minimum Gasteiger partial charge on any atom is -0.479 e. The molecule has 1 amide bonds. The Kier molecular flexibility index (Phi) is 8.37. The zero-order valence-electron chi connectivity index (χ0n) is 24.5. The van der Waals surface area contributed by atoms with Crippen LogP contribution in [0, 0.1) is 0 Å². The van der Waals surface area contributed by atoms with Gasteiger partial charge < -0.3 is 22.4 Å². The molecule has 0 aliphatic carbocycles. The van der Waals surface area contributed by atoms with Crippen molar-refractivity contribution in [2.24, 2.45) is 0 Å². The number of imidazole rings is 1. The van der Waals surface area contributed by atoms with Gasteiger partial charge in [0.25, 0.3) is 0 Å². The van der Waals surface area contributed by atoms with E-state index in [2.05, 4.69) is 75.7 Å². The summed E-state index contributed by atoms with van der Waals surface area (Å²) in [6.45, 7) is 18.5. The summed E-state index contributed by atoms with van der Waals surface area (Å²) >= 11 is 0. The van der Waals surface area contributed by atoms with E-state index >= 15 is 0 Å². The Morgan fingerprint density at radius 2 is 1.67 bits per heavy atom. The first-order chi connectivity index (χ1) is 18.3. The number of nitrogens with one attached hydrogen (secondary N) is 1. The van der Waals surface area contributed by atoms with E-state index in [0.717, 1.165) is 0 Å². The average molecular weight is 580 g/mol. The third-order valence-electron chi connectivity index (χ3n) is 7.61. The molecule has 14 heteroatoms. The fraction of sp³-hybridized carbons (Fsp3) is 0.720. The molecule has 1 unspecified atom stereocenters. The zero-order chi connectivity index (χ0) is 28.9. The van der Waals surface area contributed by atoms with Crippen molar-refractivity contribution in [2.45, 2.75) is 103 Å². The fourth-order valence-electron chi connectivity index (χ4n) is 5.63. The van der Waals surface area contributed by atoms with Crippen molar-refractivity contribution in [1.82, 2.24) is 19.5 Å². The minimum absolute atomic E-state index is 0.0359. The number of ketones is 1. The quantitative estimate of drug-likeness (QED) is 0.475. The lowest BCUT2D eigenvalue weighted by atomic mass is 10.1. The van der Waals surface area contributed by atoms with Gasteiger partial charge in [0.15, 0.2) is 17.4 Å². The van der Waals surface area contributed by atoms with E-state index in [1.165, 1.54) is 24.9 Å². The number of Topliss-reactive ketones (excluding diaryl/α,β-unsaturated/α-hetero) is 1. The Bertz CT molecular complexity index is 1220. The van der Waals surface area contributed by atoms with Crippen LogP contribution < -0.4 is 10.1 Å². The highest BCUT2D eigenvalue weighted by atomic mass is 28.5. The lowest BCUT2D eigenvalue weighted by Gasteiger charge is -2.50. The van der Waals surface area contributed by atoms with Gasteiger partial charge in [-0.3, -0.25) is 19.5 Å². The van der Waals surface area contributed by atoms with Crippen LogP contribution in [0.5, 0.6) is 5.88 Å². The molecule has 39 heavy (non-hydrogen) atoms. The molecule has 4 heterocycles. The van der Waals surface area contributed by atoms with Gasteiger partial charge in [0.05, 0.1) is 20.0 Å². The van der Waals surface area contributed by atoms with Gasteiger partial charge in [-0.1, -0.05) is 55.4 Å². The SMILES string of the molecule is COc1nc(NC(C)=O)nc2c1ncn2[C@@H]1O[C@@H]2CO[Si](C(C)C)(C(C)C)O[Si](C(C)C)(C(C)C)OC2C1=O. The maximum absolute atomic E-state index is 14.0. The Morgan fingerprint density at radius 3 is 2.21 bits per heavy atom. The van der Waals surface area contributed by atoms with Crippen LogP contribution in [0.4, 0.5) is 5.95 Å². The van der Waals surface area contributed by atoms with Crippen molar-refractivity contribution < 1.29 is 32.0 Å². The Balaban J connectivity index is 1.79. The van der Waals surface area contributed by atoms with Gasteiger partial charge in [0.1, 0.15) is 12.2 Å². The normalized spacial score (nSPS) is 24.9. The summed E-state index contributed by atoms with van der Waals surface area (Å²) in [5.41, 5.74) is 1.11. The number of aromatic nitrogens is 4. The number of nitrogens with zero attached hydrogens (tertiary/aromatic N) is 4. The summed E-state index contributed by atoms with van der Waals surface area (Å²) in [4.78, 5) is 38.7. The van der Waals surface area contributed by atoms with Crippen molar-refractivity contribution in [3.05, 3.63) is 6.33 Å². The van der Waals surface area contributed by atoms with Crippen molar-refractivity contribution in [1.29, 1.82) is 0 Å². The third kappa shape index (κ3) is 5.06. The number of anilines is 1. The molecule has 3 atom stereocenters. The number of carbonyl (C=O) groups is 2. The summed E-state index contributed by atoms with van der Waals surface area (Å²) in [6, 6.07) is 0. The third-order valence-corrected chi connectivity index (χ3v) is 17.8. The topological polar surface area (TPSA) is 136 Å². The van der Waals surface area contributed by atoms with Crippen LogP contribution in [0.1, 0.15) is 68.5 Å². The first kappa shape index (κ1) is 29.7. The molecule has 12 nitrogen and oxygen atoms in total. The molecule has 0 spiro atoms. The van der Waals surface area contributed by atoms with Gasteiger partial charge in [-0.2, -0.15) is 9.97 Å². The second kappa shape index (κ2) is 11.0. The number of methoxy groups -OCH3 is 1. The zero-order valence-corrected chi connectivity index (χ0v) is 26.5. The van der Waals surface area contributed by atoms with Crippen LogP contribution >= 0.6 is 0 Å². The molecule has 4 rings (SSSR count).